The molecule has 1 nitrogen and oxygen atoms in total. The van der Waals surface area contributed by atoms with Crippen molar-refractivity contribution < 1.29 is 4.79 Å². The summed E-state index contributed by atoms with van der Waals surface area (Å²) in [5, 5.41) is 0.735. The Morgan fingerprint density at radius 3 is 2.81 bits per heavy atom. The van der Waals surface area contributed by atoms with Crippen molar-refractivity contribution in [3.63, 3.8) is 0 Å². The van der Waals surface area contributed by atoms with Crippen molar-refractivity contribution >= 4 is 55.9 Å². The molecule has 0 fully saturated rings. The minimum absolute atomic E-state index is 0.0814. The highest BCUT2D eigenvalue weighted by Crippen LogP contribution is 2.21. The molecule has 88 valence electrons. The number of halogens is 3. The molecule has 0 aliphatic carbocycles. The van der Waals surface area contributed by atoms with E-state index in [1.165, 1.54) is 0 Å². The van der Waals surface area contributed by atoms with Gasteiger partial charge in [-0.3, -0.25) is 4.79 Å². The molecule has 0 saturated heterocycles. The van der Waals surface area contributed by atoms with E-state index in [0.717, 1.165) is 27.0 Å². The van der Waals surface area contributed by atoms with Crippen LogP contribution in [0.15, 0.2) is 18.2 Å². The van der Waals surface area contributed by atoms with Crippen LogP contribution in [0.25, 0.3) is 0 Å². The Morgan fingerprint density at radius 2 is 2.25 bits per heavy atom. The van der Waals surface area contributed by atoms with Crippen LogP contribution in [0.3, 0.4) is 0 Å². The monoisotopic (exact) mass is 414 g/mol. The summed E-state index contributed by atoms with van der Waals surface area (Å²) in [5.74, 6) is 0.272. The molecule has 0 bridgehead atoms. The van der Waals surface area contributed by atoms with E-state index < -0.39 is 0 Å². The van der Waals surface area contributed by atoms with E-state index in [1.807, 2.05) is 25.1 Å². The zero-order valence-corrected chi connectivity index (χ0v) is 13.5. The first-order valence-electron chi connectivity index (χ1n) is 5.15. The Morgan fingerprint density at radius 1 is 1.56 bits per heavy atom. The van der Waals surface area contributed by atoms with Crippen molar-refractivity contribution in [1.29, 1.82) is 0 Å². The number of hydrogen-bond acceptors (Lipinski definition) is 1. The van der Waals surface area contributed by atoms with Crippen molar-refractivity contribution in [3.05, 3.63) is 32.4 Å². The molecule has 0 aliphatic rings. The number of hydrogen-bond donors (Lipinski definition) is 0. The lowest BCUT2D eigenvalue weighted by molar-refractivity contribution is -0.118. The highest BCUT2D eigenvalue weighted by atomic mass is 127. The molecule has 0 aliphatic heterocycles. The summed E-state index contributed by atoms with van der Waals surface area (Å²) in [6.07, 6.45) is 2.27. The molecule has 0 amide bonds. The maximum atomic E-state index is 11.7. The van der Waals surface area contributed by atoms with Crippen molar-refractivity contribution in [2.45, 2.75) is 31.0 Å². The van der Waals surface area contributed by atoms with Gasteiger partial charge in [-0.2, -0.15) is 0 Å². The Bertz CT molecular complexity index is 381. The van der Waals surface area contributed by atoms with Gasteiger partial charge in [-0.25, -0.2) is 0 Å². The van der Waals surface area contributed by atoms with Gasteiger partial charge in [-0.1, -0.05) is 40.5 Å². The van der Waals surface area contributed by atoms with Crippen LogP contribution in [0, 0.1) is 3.57 Å². The van der Waals surface area contributed by atoms with Gasteiger partial charge in [-0.05, 0) is 53.1 Å². The van der Waals surface area contributed by atoms with E-state index in [0.29, 0.717) is 6.42 Å². The average Bonchev–Trinajstić information content (AvgIpc) is 2.22. The van der Waals surface area contributed by atoms with Gasteiger partial charge < -0.3 is 0 Å². The molecule has 1 aromatic carbocycles. The van der Waals surface area contributed by atoms with Crippen LogP contribution in [0.1, 0.15) is 25.3 Å². The number of carbonyl (C=O) groups excluding carboxylic acids is 1. The Hall–Kier alpha value is 0.390. The van der Waals surface area contributed by atoms with Crippen molar-refractivity contribution in [3.8, 4) is 0 Å². The molecule has 0 radical (unpaired) electrons. The fraction of sp³-hybridized carbons (Fsp3) is 0.417. The number of rotatable bonds is 5. The van der Waals surface area contributed by atoms with E-state index in [4.69, 9.17) is 11.6 Å². The van der Waals surface area contributed by atoms with Crippen LogP contribution in [-0.2, 0) is 11.2 Å². The highest BCUT2D eigenvalue weighted by Gasteiger charge is 2.15. The third-order valence-electron chi connectivity index (χ3n) is 2.26. The molecule has 0 saturated carbocycles. The van der Waals surface area contributed by atoms with Crippen molar-refractivity contribution in [2.24, 2.45) is 0 Å². The van der Waals surface area contributed by atoms with Gasteiger partial charge in [0.25, 0.3) is 0 Å². The fourth-order valence-electron chi connectivity index (χ4n) is 1.40. The number of alkyl halides is 1. The van der Waals surface area contributed by atoms with Gasteiger partial charge in [0.1, 0.15) is 5.78 Å². The highest BCUT2D eigenvalue weighted by molar-refractivity contribution is 14.1. The number of benzene rings is 1. The zero-order chi connectivity index (χ0) is 12.1. The Labute approximate surface area is 123 Å². The standard InChI is InChI=1S/C12H13BrClIO/c1-2-3-12(16)10(13)6-8-4-5-9(14)7-11(8)15/h4-5,7,10H,2-3,6H2,1H3. The van der Waals surface area contributed by atoms with Crippen LogP contribution in [-0.4, -0.2) is 10.6 Å². The molecular weight excluding hydrogens is 402 g/mol. The van der Waals surface area contributed by atoms with E-state index in [2.05, 4.69) is 38.5 Å². The Kier molecular flexibility index (Phi) is 6.29. The molecule has 4 heteroatoms. The minimum atomic E-state index is -0.0814. The van der Waals surface area contributed by atoms with Gasteiger partial charge in [0, 0.05) is 15.0 Å². The molecule has 0 spiro atoms. The molecule has 0 N–H and O–H groups in total. The van der Waals surface area contributed by atoms with Crippen LogP contribution >= 0.6 is 50.1 Å². The second-order valence-corrected chi connectivity index (χ2v) is 6.33. The molecule has 0 aromatic heterocycles. The second-order valence-electron chi connectivity index (χ2n) is 3.62. The first-order chi connectivity index (χ1) is 7.54. The third kappa shape index (κ3) is 4.34. The molecule has 16 heavy (non-hydrogen) atoms. The molecule has 1 unspecified atom stereocenters. The van der Waals surface area contributed by atoms with E-state index in [1.54, 1.807) is 0 Å². The first-order valence-corrected chi connectivity index (χ1v) is 7.52. The van der Waals surface area contributed by atoms with E-state index >= 15 is 0 Å². The number of ketones is 1. The smallest absolute Gasteiger partial charge is 0.146 e. The zero-order valence-electron chi connectivity index (χ0n) is 8.97. The van der Waals surface area contributed by atoms with Crippen LogP contribution in [0.5, 0.6) is 0 Å². The molecule has 1 atom stereocenters. The second kappa shape index (κ2) is 6.97. The summed E-state index contributed by atoms with van der Waals surface area (Å²) in [5.41, 5.74) is 1.16. The SMILES string of the molecule is CCCC(=O)C(Br)Cc1ccc(Cl)cc1I. The maximum Gasteiger partial charge on any atom is 0.146 e. The quantitative estimate of drug-likeness (QED) is 0.507. The summed E-state index contributed by atoms with van der Waals surface area (Å²) in [6, 6.07) is 5.77. The third-order valence-corrected chi connectivity index (χ3v) is 4.33. The predicted molar refractivity (Wildman–Crippen MR) is 80.5 cm³/mol. The largest absolute Gasteiger partial charge is 0.298 e. The Balaban J connectivity index is 2.69. The van der Waals surface area contributed by atoms with Gasteiger partial charge in [-0.15, -0.1) is 0 Å². The first kappa shape index (κ1) is 14.5. The van der Waals surface area contributed by atoms with E-state index in [-0.39, 0.29) is 10.6 Å². The lowest BCUT2D eigenvalue weighted by Gasteiger charge is -2.10. The van der Waals surface area contributed by atoms with Crippen LogP contribution in [0.2, 0.25) is 5.02 Å². The van der Waals surface area contributed by atoms with Crippen molar-refractivity contribution in [2.75, 3.05) is 0 Å². The predicted octanol–water partition coefficient (Wildman–Crippen LogP) is 4.62. The normalized spacial score (nSPS) is 12.5. The average molecular weight is 415 g/mol. The number of Topliss-reactive ketones (excluding diaryl/α,β-unsaturated/α-hetero) is 1. The lowest BCUT2D eigenvalue weighted by atomic mass is 10.1. The molecule has 0 heterocycles. The summed E-state index contributed by atoms with van der Waals surface area (Å²) >= 11 is 11.6. The maximum absolute atomic E-state index is 11.7. The summed E-state index contributed by atoms with van der Waals surface area (Å²) in [7, 11) is 0. The van der Waals surface area contributed by atoms with E-state index in [9.17, 15) is 4.79 Å². The van der Waals surface area contributed by atoms with Crippen molar-refractivity contribution in [1.82, 2.24) is 0 Å². The van der Waals surface area contributed by atoms with Gasteiger partial charge in [0.15, 0.2) is 0 Å². The summed E-state index contributed by atoms with van der Waals surface area (Å²) in [4.78, 5) is 11.6. The summed E-state index contributed by atoms with van der Waals surface area (Å²) < 4.78 is 1.11. The molecule has 1 aromatic rings. The topological polar surface area (TPSA) is 17.1 Å². The van der Waals surface area contributed by atoms with Gasteiger partial charge in [0.05, 0.1) is 4.83 Å². The van der Waals surface area contributed by atoms with Gasteiger partial charge >= 0.3 is 0 Å². The minimum Gasteiger partial charge on any atom is -0.298 e. The van der Waals surface area contributed by atoms with Gasteiger partial charge in [0.2, 0.25) is 0 Å². The lowest BCUT2D eigenvalue weighted by Crippen LogP contribution is -2.16. The van der Waals surface area contributed by atoms with Crippen LogP contribution < -0.4 is 0 Å². The molecular formula is C12H13BrClIO. The number of carbonyl (C=O) groups is 1. The van der Waals surface area contributed by atoms with Crippen LogP contribution in [0.4, 0.5) is 0 Å². The molecule has 1 rings (SSSR count). The fourth-order valence-corrected chi connectivity index (χ4v) is 3.07. The summed E-state index contributed by atoms with van der Waals surface area (Å²) in [6.45, 7) is 2.02.